The summed E-state index contributed by atoms with van der Waals surface area (Å²) in [6.07, 6.45) is 1.61. The second-order valence-electron chi connectivity index (χ2n) is 3.30. The van der Waals surface area contributed by atoms with Gasteiger partial charge in [0.15, 0.2) is 0 Å². The molecule has 0 bridgehead atoms. The summed E-state index contributed by atoms with van der Waals surface area (Å²) in [6, 6.07) is 4.14. The quantitative estimate of drug-likeness (QED) is 0.835. The Morgan fingerprint density at radius 2 is 2.12 bits per heavy atom. The maximum absolute atomic E-state index is 11.4. The largest absolute Gasteiger partial charge is 0.295 e. The first-order chi connectivity index (χ1) is 7.89. The molecule has 1 aromatic rings. The lowest BCUT2D eigenvalue weighted by Crippen LogP contribution is -2.19. The number of hydrogen-bond donors (Lipinski definition) is 1. The van der Waals surface area contributed by atoms with Crippen molar-refractivity contribution in [2.75, 3.05) is 5.01 Å². The van der Waals surface area contributed by atoms with Gasteiger partial charge in [0, 0.05) is 10.7 Å². The molecule has 2 rings (SSSR count). The molecule has 1 heterocycles. The summed E-state index contributed by atoms with van der Waals surface area (Å²) in [5, 5.41) is 4.89. The Morgan fingerprint density at radius 3 is 2.65 bits per heavy atom. The summed E-state index contributed by atoms with van der Waals surface area (Å²) in [5.74, 6) is -0.256. The molecule has 0 saturated heterocycles. The molecule has 1 N–H and O–H groups in total. The molecule has 0 saturated carbocycles. The maximum Gasteiger partial charge on any atom is 0.295 e. The fourth-order valence-corrected chi connectivity index (χ4v) is 2.83. The van der Waals surface area contributed by atoms with Gasteiger partial charge in [-0.3, -0.25) is 9.35 Å². The van der Waals surface area contributed by atoms with Gasteiger partial charge in [-0.2, -0.15) is 13.5 Å². The van der Waals surface area contributed by atoms with Crippen molar-refractivity contribution >= 4 is 43.9 Å². The molecule has 0 radical (unpaired) electrons. The van der Waals surface area contributed by atoms with Crippen LogP contribution in [0.2, 0.25) is 0 Å². The highest BCUT2D eigenvalue weighted by atomic mass is 79.9. The molecule has 0 atom stereocenters. The van der Waals surface area contributed by atoms with Crippen LogP contribution < -0.4 is 5.01 Å². The van der Waals surface area contributed by atoms with Crippen LogP contribution in [0.4, 0.5) is 5.69 Å². The Labute approximate surface area is 106 Å². The molecular formula is C9H7BrN2O4S. The summed E-state index contributed by atoms with van der Waals surface area (Å²) in [7, 11) is -4.34. The van der Waals surface area contributed by atoms with Crippen molar-refractivity contribution in [2.24, 2.45) is 5.10 Å². The summed E-state index contributed by atoms with van der Waals surface area (Å²) in [5.41, 5.74) is 0.291. The molecule has 8 heteroatoms. The van der Waals surface area contributed by atoms with Crippen LogP contribution >= 0.6 is 15.9 Å². The number of rotatable bonds is 2. The van der Waals surface area contributed by atoms with Gasteiger partial charge in [0.1, 0.15) is 4.90 Å². The summed E-state index contributed by atoms with van der Waals surface area (Å²) in [6.45, 7) is 0. The van der Waals surface area contributed by atoms with E-state index in [-0.39, 0.29) is 21.7 Å². The molecule has 0 aliphatic carbocycles. The summed E-state index contributed by atoms with van der Waals surface area (Å²) < 4.78 is 31.4. The van der Waals surface area contributed by atoms with Crippen LogP contribution in [-0.2, 0) is 14.9 Å². The fraction of sp³-hybridized carbons (Fsp3) is 0.111. The van der Waals surface area contributed by atoms with Crippen molar-refractivity contribution in [3.8, 4) is 0 Å². The average Bonchev–Trinajstić information content (AvgIpc) is 2.63. The lowest BCUT2D eigenvalue weighted by atomic mass is 10.3. The van der Waals surface area contributed by atoms with Crippen molar-refractivity contribution in [3.63, 3.8) is 0 Å². The van der Waals surface area contributed by atoms with E-state index in [4.69, 9.17) is 4.55 Å². The van der Waals surface area contributed by atoms with Crippen LogP contribution in [0.15, 0.2) is 32.7 Å². The Morgan fingerprint density at radius 1 is 1.41 bits per heavy atom. The number of carbonyl (C=O) groups is 1. The van der Waals surface area contributed by atoms with E-state index in [9.17, 15) is 13.2 Å². The molecule has 17 heavy (non-hydrogen) atoms. The molecule has 0 aromatic heterocycles. The number of nitrogens with zero attached hydrogens (tertiary/aromatic N) is 2. The number of hydrogen-bond acceptors (Lipinski definition) is 4. The van der Waals surface area contributed by atoms with E-state index in [2.05, 4.69) is 21.0 Å². The van der Waals surface area contributed by atoms with E-state index in [0.717, 1.165) is 5.01 Å². The highest BCUT2D eigenvalue weighted by Crippen LogP contribution is 2.28. The normalized spacial score (nSPS) is 15.6. The Bertz CT molecular complexity index is 611. The molecular weight excluding hydrogens is 312 g/mol. The van der Waals surface area contributed by atoms with Crippen LogP contribution in [0.3, 0.4) is 0 Å². The van der Waals surface area contributed by atoms with Gasteiger partial charge < -0.3 is 0 Å². The number of amides is 1. The molecule has 0 spiro atoms. The molecule has 1 aromatic carbocycles. The van der Waals surface area contributed by atoms with Gasteiger partial charge in [-0.05, 0) is 34.1 Å². The predicted molar refractivity (Wildman–Crippen MR) is 64.6 cm³/mol. The van der Waals surface area contributed by atoms with E-state index in [0.29, 0.717) is 5.69 Å². The molecule has 1 aliphatic rings. The first-order valence-corrected chi connectivity index (χ1v) is 6.75. The van der Waals surface area contributed by atoms with Gasteiger partial charge in [0.05, 0.1) is 12.1 Å². The predicted octanol–water partition coefficient (Wildman–Crippen LogP) is 1.42. The summed E-state index contributed by atoms with van der Waals surface area (Å²) in [4.78, 5) is 11.1. The molecule has 90 valence electrons. The van der Waals surface area contributed by atoms with Crippen LogP contribution in [0, 0.1) is 0 Å². The highest BCUT2D eigenvalue weighted by Gasteiger charge is 2.22. The Balaban J connectivity index is 2.52. The Hall–Kier alpha value is -1.25. The zero-order valence-electron chi connectivity index (χ0n) is 8.37. The van der Waals surface area contributed by atoms with Crippen molar-refractivity contribution < 1.29 is 17.8 Å². The minimum atomic E-state index is -4.34. The molecule has 1 aliphatic heterocycles. The number of anilines is 1. The number of benzene rings is 1. The standard InChI is InChI=1S/C9H7BrN2O4S/c10-7-2-1-6(5-8(7)17(14,15)16)12-9(13)3-4-11-12/h1-2,4-5H,3H2,(H,14,15,16). The monoisotopic (exact) mass is 318 g/mol. The van der Waals surface area contributed by atoms with E-state index >= 15 is 0 Å². The number of carbonyl (C=O) groups excluding carboxylic acids is 1. The van der Waals surface area contributed by atoms with Crippen LogP contribution in [-0.4, -0.2) is 25.1 Å². The SMILES string of the molecule is O=C1CC=NN1c1ccc(Br)c(S(=O)(=O)O)c1. The minimum absolute atomic E-state index is 0.178. The van der Waals surface area contributed by atoms with Crippen LogP contribution in [0.5, 0.6) is 0 Å². The topological polar surface area (TPSA) is 87.0 Å². The fourth-order valence-electron chi connectivity index (χ4n) is 1.38. The van der Waals surface area contributed by atoms with Crippen molar-refractivity contribution in [1.29, 1.82) is 0 Å². The maximum atomic E-state index is 11.4. The zero-order chi connectivity index (χ0) is 12.6. The van der Waals surface area contributed by atoms with E-state index in [1.54, 1.807) is 0 Å². The first kappa shape index (κ1) is 12.2. The van der Waals surface area contributed by atoms with Crippen LogP contribution in [0.1, 0.15) is 6.42 Å². The highest BCUT2D eigenvalue weighted by molar-refractivity contribution is 9.10. The van der Waals surface area contributed by atoms with Gasteiger partial charge in [-0.15, -0.1) is 0 Å². The van der Waals surface area contributed by atoms with E-state index in [1.807, 2.05) is 0 Å². The van der Waals surface area contributed by atoms with E-state index in [1.165, 1.54) is 24.4 Å². The summed E-state index contributed by atoms with van der Waals surface area (Å²) >= 11 is 3.01. The van der Waals surface area contributed by atoms with Crippen molar-refractivity contribution in [3.05, 3.63) is 22.7 Å². The first-order valence-electron chi connectivity index (χ1n) is 4.52. The smallest absolute Gasteiger partial charge is 0.282 e. The van der Waals surface area contributed by atoms with Crippen LogP contribution in [0.25, 0.3) is 0 Å². The van der Waals surface area contributed by atoms with Crippen molar-refractivity contribution in [1.82, 2.24) is 0 Å². The zero-order valence-corrected chi connectivity index (χ0v) is 10.8. The number of halogens is 1. The third kappa shape index (κ3) is 2.38. The minimum Gasteiger partial charge on any atom is -0.282 e. The lowest BCUT2D eigenvalue weighted by Gasteiger charge is -2.13. The van der Waals surface area contributed by atoms with E-state index < -0.39 is 10.1 Å². The lowest BCUT2D eigenvalue weighted by molar-refractivity contribution is -0.116. The average molecular weight is 319 g/mol. The molecule has 0 unspecified atom stereocenters. The molecule has 1 amide bonds. The number of hydrazone groups is 1. The molecule has 6 nitrogen and oxygen atoms in total. The Kier molecular flexibility index (Phi) is 3.02. The van der Waals surface area contributed by atoms with Gasteiger partial charge in [0.25, 0.3) is 16.0 Å². The molecule has 0 fully saturated rings. The van der Waals surface area contributed by atoms with Gasteiger partial charge in [0.2, 0.25) is 0 Å². The third-order valence-corrected chi connectivity index (χ3v) is 3.98. The second-order valence-corrected chi connectivity index (χ2v) is 5.54. The third-order valence-electron chi connectivity index (χ3n) is 2.14. The second kappa shape index (κ2) is 4.21. The van der Waals surface area contributed by atoms with Crippen molar-refractivity contribution in [2.45, 2.75) is 11.3 Å². The van der Waals surface area contributed by atoms with Gasteiger partial charge >= 0.3 is 0 Å². The van der Waals surface area contributed by atoms with Gasteiger partial charge in [-0.25, -0.2) is 5.01 Å². The van der Waals surface area contributed by atoms with Gasteiger partial charge in [-0.1, -0.05) is 0 Å².